The van der Waals surface area contributed by atoms with Gasteiger partial charge in [-0.1, -0.05) is 48.8 Å². The molecule has 2 aromatic heterocycles. The number of nitrogens with one attached hydrogen (secondary N) is 1. The second kappa shape index (κ2) is 11.7. The van der Waals surface area contributed by atoms with Gasteiger partial charge in [-0.25, -0.2) is 18.4 Å². The van der Waals surface area contributed by atoms with Crippen molar-refractivity contribution >= 4 is 56.0 Å². The monoisotopic (exact) mass is 684 g/mol. The lowest BCUT2D eigenvalue weighted by atomic mass is 9.82. The van der Waals surface area contributed by atoms with E-state index in [1.54, 1.807) is 0 Å². The Labute approximate surface area is 275 Å². The van der Waals surface area contributed by atoms with Crippen LogP contribution in [0.15, 0.2) is 24.4 Å². The molecule has 2 aliphatic rings. The summed E-state index contributed by atoms with van der Waals surface area (Å²) in [6.07, 6.45) is 1.39. The van der Waals surface area contributed by atoms with Crippen LogP contribution in [0.1, 0.15) is 43.1 Å². The molecule has 0 radical (unpaired) electrons. The maximum absolute atomic E-state index is 16.0. The zero-order chi connectivity index (χ0) is 33.9. The molecule has 4 N–H and O–H groups in total. The predicted molar refractivity (Wildman–Crippen MR) is 167 cm³/mol. The molecule has 0 saturated carbocycles. The number of amides is 4. The van der Waals surface area contributed by atoms with Crippen LogP contribution in [0.25, 0.3) is 21.2 Å². The van der Waals surface area contributed by atoms with Crippen molar-refractivity contribution in [3.05, 3.63) is 52.2 Å². The number of carbonyl (C=O) groups is 3. The van der Waals surface area contributed by atoms with Gasteiger partial charge in [0.25, 0.3) is 11.8 Å². The number of nitrogens with two attached hydrogens (primary N) is 1. The number of ether oxygens (including phenoxy) is 1. The van der Waals surface area contributed by atoms with Crippen LogP contribution >= 0.6 is 22.9 Å². The molecule has 6 rings (SSSR count). The third kappa shape index (κ3) is 5.34. The van der Waals surface area contributed by atoms with E-state index in [1.807, 2.05) is 26.8 Å². The number of hydrogen-bond donors (Lipinski definition) is 3. The van der Waals surface area contributed by atoms with E-state index in [2.05, 4.69) is 15.6 Å². The van der Waals surface area contributed by atoms with Crippen molar-refractivity contribution in [2.45, 2.75) is 39.3 Å². The molecule has 1 fully saturated rings. The summed E-state index contributed by atoms with van der Waals surface area (Å²) in [5, 5.41) is 28.8. The Morgan fingerprint density at radius 1 is 1.23 bits per heavy atom. The molecule has 2 aliphatic heterocycles. The summed E-state index contributed by atoms with van der Waals surface area (Å²) in [4.78, 5) is 43.2. The summed E-state index contributed by atoms with van der Waals surface area (Å²) < 4.78 is 37.4. The fraction of sp³-hybridized carbons (Fsp3) is 0.333. The van der Waals surface area contributed by atoms with Crippen LogP contribution in [0.3, 0.4) is 0 Å². The number of benzene rings is 2. The van der Waals surface area contributed by atoms with Crippen molar-refractivity contribution in [3.8, 4) is 28.8 Å². The third-order valence-corrected chi connectivity index (χ3v) is 9.56. The van der Waals surface area contributed by atoms with E-state index in [-0.39, 0.29) is 67.8 Å². The summed E-state index contributed by atoms with van der Waals surface area (Å²) >= 11 is 7.54. The Bertz CT molecular complexity index is 2020. The molecule has 1 saturated heterocycles. The number of nitriles is 1. The zero-order valence-electron chi connectivity index (χ0n) is 25.2. The number of likely N-dealkylation sites (tertiary alicyclic amines) is 1. The largest absolute Gasteiger partial charge is 0.491 e. The predicted octanol–water partition coefficient (Wildman–Crippen LogP) is 4.95. The van der Waals surface area contributed by atoms with E-state index < -0.39 is 53.0 Å². The molecule has 4 aromatic rings. The number of nitrogens with zero attached hydrogens (tertiary/aromatic N) is 6. The lowest BCUT2D eigenvalue weighted by molar-refractivity contribution is 0.0694. The lowest BCUT2D eigenvalue weighted by Crippen LogP contribution is -2.57. The zero-order valence-corrected chi connectivity index (χ0v) is 26.7. The average molecular weight is 685 g/mol. The topological polar surface area (TPSA) is 180 Å². The van der Waals surface area contributed by atoms with Crippen molar-refractivity contribution in [1.29, 1.82) is 5.26 Å². The normalized spacial score (nSPS) is 18.1. The molecule has 2 unspecified atom stereocenters. The second-order valence-electron chi connectivity index (χ2n) is 12.1. The van der Waals surface area contributed by atoms with Gasteiger partial charge in [0.1, 0.15) is 29.3 Å². The van der Waals surface area contributed by atoms with Crippen LogP contribution in [0.2, 0.25) is 5.02 Å². The maximum Gasteiger partial charge on any atom is 0.343 e. The number of halogens is 3. The van der Waals surface area contributed by atoms with Crippen LogP contribution in [-0.4, -0.2) is 79.6 Å². The Kier molecular flexibility index (Phi) is 7.92. The van der Waals surface area contributed by atoms with Gasteiger partial charge in [0.05, 0.1) is 45.7 Å². The molecule has 0 spiro atoms. The number of thiophene rings is 1. The van der Waals surface area contributed by atoms with Crippen LogP contribution in [-0.2, 0) is 0 Å². The molecular formula is C30H27ClF2N8O5S. The number of urea groups is 1. The van der Waals surface area contributed by atoms with Gasteiger partial charge >= 0.3 is 12.1 Å². The van der Waals surface area contributed by atoms with Gasteiger partial charge in [0.15, 0.2) is 5.75 Å². The molecule has 47 heavy (non-hydrogen) atoms. The molecule has 2 atom stereocenters. The Morgan fingerprint density at radius 3 is 2.64 bits per heavy atom. The summed E-state index contributed by atoms with van der Waals surface area (Å²) in [5.74, 6) is -3.07. The Morgan fingerprint density at radius 2 is 1.98 bits per heavy atom. The number of rotatable bonds is 2. The van der Waals surface area contributed by atoms with E-state index >= 15 is 4.39 Å². The number of nitrogen functional groups attached to an aromatic ring is 1. The summed E-state index contributed by atoms with van der Waals surface area (Å²) in [5.41, 5.74) is 4.91. The van der Waals surface area contributed by atoms with Crippen LogP contribution in [0.5, 0.6) is 11.6 Å². The highest BCUT2D eigenvalue weighted by Crippen LogP contribution is 2.47. The number of carbonyl (C=O) groups excluding carboxylic acids is 3. The first kappa shape index (κ1) is 32.0. The van der Waals surface area contributed by atoms with Crippen molar-refractivity contribution in [2.24, 2.45) is 5.41 Å². The van der Waals surface area contributed by atoms with Crippen LogP contribution < -0.4 is 15.8 Å². The number of anilines is 1. The van der Waals surface area contributed by atoms with E-state index in [0.29, 0.717) is 6.42 Å². The fourth-order valence-electron chi connectivity index (χ4n) is 6.29. The van der Waals surface area contributed by atoms with Gasteiger partial charge in [-0.05, 0) is 29.5 Å². The fourth-order valence-corrected chi connectivity index (χ4v) is 7.59. The molecule has 2 aromatic carbocycles. The molecule has 0 aliphatic carbocycles. The van der Waals surface area contributed by atoms with Gasteiger partial charge in [-0.15, -0.1) is 11.3 Å². The first-order valence-corrected chi connectivity index (χ1v) is 15.5. The second-order valence-corrected chi connectivity index (χ2v) is 13.6. The SMILES string of the molecule is CC(C)(C)C1C(NC(=O)n2cc(O)nn2)CCN1C(=O)N1CCOc2c(cc(F)c(-c3ccc(F)c4sc(N)c(C#N)c34)c2Cl)C1=O. The minimum atomic E-state index is -0.961. The standard InChI is InChI=1S/C30H27ClF2N8O5S/c1-30(2,3)25-18(36-28(44)41-12-19(42)37-38-41)6-7-39(25)29(45)40-8-9-46-23-14(27(40)43)10-17(33)21(22(23)31)13-4-5-16(32)24-20(13)15(11-34)26(35)47-24/h4-5,10,12,18,25,42H,6-9,35H2,1-3H3,(H,36,44). The minimum Gasteiger partial charge on any atom is -0.491 e. The molecule has 4 heterocycles. The van der Waals surface area contributed by atoms with Gasteiger partial charge in [0.2, 0.25) is 0 Å². The number of imide groups is 1. The summed E-state index contributed by atoms with van der Waals surface area (Å²) in [6.45, 7) is 5.47. The summed E-state index contributed by atoms with van der Waals surface area (Å²) in [7, 11) is 0. The number of aromatic hydroxyl groups is 1. The lowest BCUT2D eigenvalue weighted by Gasteiger charge is -2.39. The summed E-state index contributed by atoms with van der Waals surface area (Å²) in [6, 6.07) is 2.76. The maximum atomic E-state index is 16.0. The molecule has 17 heteroatoms. The van der Waals surface area contributed by atoms with Crippen molar-refractivity contribution < 1.29 is 33.0 Å². The number of aromatic nitrogens is 3. The van der Waals surface area contributed by atoms with E-state index in [0.717, 1.165) is 39.2 Å². The van der Waals surface area contributed by atoms with Crippen molar-refractivity contribution in [2.75, 3.05) is 25.4 Å². The van der Waals surface area contributed by atoms with E-state index in [4.69, 9.17) is 22.1 Å². The number of fused-ring (bicyclic) bond motifs is 2. The average Bonchev–Trinajstić information content (AvgIpc) is 3.70. The smallest absolute Gasteiger partial charge is 0.343 e. The highest BCUT2D eigenvalue weighted by molar-refractivity contribution is 7.23. The molecule has 4 amide bonds. The van der Waals surface area contributed by atoms with E-state index in [1.165, 1.54) is 11.0 Å². The quantitative estimate of drug-likeness (QED) is 0.263. The van der Waals surface area contributed by atoms with Gasteiger partial charge in [0, 0.05) is 17.5 Å². The number of hydrogen-bond acceptors (Lipinski definition) is 10. The van der Waals surface area contributed by atoms with Gasteiger partial charge in [-0.3, -0.25) is 9.69 Å². The molecule has 13 nitrogen and oxygen atoms in total. The van der Waals surface area contributed by atoms with Gasteiger partial charge in [-0.2, -0.15) is 9.94 Å². The van der Waals surface area contributed by atoms with E-state index in [9.17, 15) is 29.1 Å². The van der Waals surface area contributed by atoms with Crippen molar-refractivity contribution in [1.82, 2.24) is 30.1 Å². The highest BCUT2D eigenvalue weighted by atomic mass is 35.5. The van der Waals surface area contributed by atoms with Gasteiger partial charge < -0.3 is 25.8 Å². The first-order valence-electron chi connectivity index (χ1n) is 14.3. The highest BCUT2D eigenvalue weighted by Gasteiger charge is 2.47. The van der Waals surface area contributed by atoms with Crippen LogP contribution in [0.4, 0.5) is 23.4 Å². The molecular weight excluding hydrogens is 658 g/mol. The Balaban J connectivity index is 1.34. The third-order valence-electron chi connectivity index (χ3n) is 8.17. The Hall–Kier alpha value is -5.01. The molecule has 244 valence electrons. The molecule has 0 bridgehead atoms. The minimum absolute atomic E-state index is 0.0355. The van der Waals surface area contributed by atoms with Crippen molar-refractivity contribution in [3.63, 3.8) is 0 Å². The first-order chi connectivity index (χ1) is 22.2. The van der Waals surface area contributed by atoms with Crippen LogP contribution in [0, 0.1) is 28.4 Å².